The Morgan fingerprint density at radius 3 is 2.46 bits per heavy atom. The Morgan fingerprint density at radius 2 is 1.79 bits per heavy atom. The van der Waals surface area contributed by atoms with E-state index < -0.39 is 11.2 Å². The molecule has 2 aromatic carbocycles. The standard InChI is InChI=1S/C17H15FN4OS/c1-22-16(12-9-5-6-10-13(12)18)20-21-17(22)24-14(15(19)23)11-7-3-2-4-8-11/h2-10,14H,1H3,(H2,19,23). The van der Waals surface area contributed by atoms with Crippen LogP contribution in [0.15, 0.2) is 59.8 Å². The van der Waals surface area contributed by atoms with Crippen molar-refractivity contribution in [1.82, 2.24) is 14.8 Å². The summed E-state index contributed by atoms with van der Waals surface area (Å²) in [6.45, 7) is 0. The molecule has 0 saturated heterocycles. The van der Waals surface area contributed by atoms with E-state index in [4.69, 9.17) is 5.73 Å². The summed E-state index contributed by atoms with van der Waals surface area (Å²) in [5.74, 6) is -0.451. The zero-order valence-corrected chi connectivity index (χ0v) is 13.7. The second-order valence-electron chi connectivity index (χ2n) is 5.16. The molecule has 0 fully saturated rings. The van der Waals surface area contributed by atoms with E-state index in [1.165, 1.54) is 17.8 Å². The van der Waals surface area contributed by atoms with E-state index >= 15 is 0 Å². The van der Waals surface area contributed by atoms with Gasteiger partial charge < -0.3 is 10.3 Å². The number of hydrogen-bond acceptors (Lipinski definition) is 4. The Kier molecular flexibility index (Phi) is 4.61. The van der Waals surface area contributed by atoms with Crippen molar-refractivity contribution in [2.24, 2.45) is 12.8 Å². The Morgan fingerprint density at radius 1 is 1.12 bits per heavy atom. The molecule has 0 radical (unpaired) electrons. The number of carbonyl (C=O) groups excluding carboxylic acids is 1. The maximum Gasteiger partial charge on any atom is 0.235 e. The van der Waals surface area contributed by atoms with Gasteiger partial charge >= 0.3 is 0 Å². The number of carbonyl (C=O) groups is 1. The second-order valence-corrected chi connectivity index (χ2v) is 6.23. The summed E-state index contributed by atoms with van der Waals surface area (Å²) in [6.07, 6.45) is 0. The highest BCUT2D eigenvalue weighted by molar-refractivity contribution is 8.00. The zero-order chi connectivity index (χ0) is 17.1. The lowest BCUT2D eigenvalue weighted by Crippen LogP contribution is -2.19. The molecule has 0 aliphatic rings. The molecule has 0 aliphatic heterocycles. The molecule has 1 atom stereocenters. The van der Waals surface area contributed by atoms with Crippen LogP contribution in [0.3, 0.4) is 0 Å². The molecule has 3 rings (SSSR count). The van der Waals surface area contributed by atoms with Gasteiger partial charge in [-0.3, -0.25) is 4.79 Å². The van der Waals surface area contributed by atoms with Crippen molar-refractivity contribution in [3.63, 3.8) is 0 Å². The van der Waals surface area contributed by atoms with Gasteiger partial charge in [0.1, 0.15) is 11.1 Å². The molecule has 0 spiro atoms. The highest BCUT2D eigenvalue weighted by atomic mass is 32.2. The molecular weight excluding hydrogens is 327 g/mol. The van der Waals surface area contributed by atoms with Gasteiger partial charge in [-0.25, -0.2) is 4.39 Å². The fourth-order valence-corrected chi connectivity index (χ4v) is 3.27. The topological polar surface area (TPSA) is 73.8 Å². The molecule has 0 saturated carbocycles. The monoisotopic (exact) mass is 342 g/mol. The minimum Gasteiger partial charge on any atom is -0.368 e. The van der Waals surface area contributed by atoms with Gasteiger partial charge in [0, 0.05) is 7.05 Å². The number of benzene rings is 2. The van der Waals surface area contributed by atoms with Gasteiger partial charge in [0.2, 0.25) is 5.91 Å². The summed E-state index contributed by atoms with van der Waals surface area (Å²) >= 11 is 1.19. The van der Waals surface area contributed by atoms with E-state index in [1.54, 1.807) is 29.8 Å². The third-order valence-corrected chi connectivity index (χ3v) is 4.84. The van der Waals surface area contributed by atoms with E-state index in [9.17, 15) is 9.18 Å². The summed E-state index contributed by atoms with van der Waals surface area (Å²) in [5, 5.41) is 8.03. The normalized spacial score (nSPS) is 12.1. The van der Waals surface area contributed by atoms with Gasteiger partial charge in [-0.1, -0.05) is 54.2 Å². The molecule has 5 nitrogen and oxygen atoms in total. The van der Waals surface area contributed by atoms with E-state index in [2.05, 4.69) is 10.2 Å². The SMILES string of the molecule is Cn1c(SC(C(N)=O)c2ccccc2)nnc1-c1ccccc1F. The molecule has 1 amide bonds. The maximum atomic E-state index is 14.0. The number of primary amides is 1. The molecule has 122 valence electrons. The fourth-order valence-electron chi connectivity index (χ4n) is 2.32. The van der Waals surface area contributed by atoms with Gasteiger partial charge in [-0.15, -0.1) is 10.2 Å². The number of aromatic nitrogens is 3. The number of thioether (sulfide) groups is 1. The zero-order valence-electron chi connectivity index (χ0n) is 12.9. The van der Waals surface area contributed by atoms with Crippen molar-refractivity contribution in [3.05, 3.63) is 66.0 Å². The summed E-state index contributed by atoms with van der Waals surface area (Å²) in [7, 11) is 1.73. The summed E-state index contributed by atoms with van der Waals surface area (Å²) in [4.78, 5) is 11.8. The first kappa shape index (κ1) is 16.2. The van der Waals surface area contributed by atoms with Crippen LogP contribution in [0.5, 0.6) is 0 Å². The molecule has 1 aromatic heterocycles. The molecule has 2 N–H and O–H groups in total. The van der Waals surface area contributed by atoms with Crippen LogP contribution in [0.4, 0.5) is 4.39 Å². The van der Waals surface area contributed by atoms with Crippen LogP contribution >= 0.6 is 11.8 Å². The predicted octanol–water partition coefficient (Wildman–Crippen LogP) is 2.94. The summed E-state index contributed by atoms with van der Waals surface area (Å²) in [6, 6.07) is 15.6. The summed E-state index contributed by atoms with van der Waals surface area (Å²) in [5.41, 5.74) is 6.67. The quantitative estimate of drug-likeness (QED) is 0.724. The molecule has 0 bridgehead atoms. The second kappa shape index (κ2) is 6.84. The molecule has 3 aromatic rings. The Labute approximate surface area is 142 Å². The van der Waals surface area contributed by atoms with Crippen molar-refractivity contribution in [2.45, 2.75) is 10.4 Å². The number of nitrogens with two attached hydrogens (primary N) is 1. The first-order valence-corrected chi connectivity index (χ1v) is 8.11. The van der Waals surface area contributed by atoms with Crippen molar-refractivity contribution < 1.29 is 9.18 Å². The lowest BCUT2D eigenvalue weighted by atomic mass is 10.1. The first-order valence-electron chi connectivity index (χ1n) is 7.23. The fraction of sp³-hybridized carbons (Fsp3) is 0.118. The van der Waals surface area contributed by atoms with Crippen LogP contribution in [0.25, 0.3) is 11.4 Å². The van der Waals surface area contributed by atoms with Crippen LogP contribution < -0.4 is 5.73 Å². The highest BCUT2D eigenvalue weighted by Gasteiger charge is 2.23. The number of halogens is 1. The van der Waals surface area contributed by atoms with Gasteiger partial charge in [0.05, 0.1) is 5.56 Å². The minimum atomic E-state index is -0.595. The lowest BCUT2D eigenvalue weighted by Gasteiger charge is -2.12. The van der Waals surface area contributed by atoms with Crippen LogP contribution in [-0.4, -0.2) is 20.7 Å². The van der Waals surface area contributed by atoms with Crippen molar-refractivity contribution >= 4 is 17.7 Å². The van der Waals surface area contributed by atoms with Crippen molar-refractivity contribution in [2.75, 3.05) is 0 Å². The highest BCUT2D eigenvalue weighted by Crippen LogP contribution is 2.35. The first-order chi connectivity index (χ1) is 11.6. The molecule has 24 heavy (non-hydrogen) atoms. The van der Waals surface area contributed by atoms with Crippen LogP contribution in [-0.2, 0) is 11.8 Å². The van der Waals surface area contributed by atoms with Crippen molar-refractivity contribution in [3.8, 4) is 11.4 Å². The number of amides is 1. The van der Waals surface area contributed by atoms with Crippen LogP contribution in [0, 0.1) is 5.82 Å². The Hall–Kier alpha value is -2.67. The van der Waals surface area contributed by atoms with Crippen molar-refractivity contribution in [1.29, 1.82) is 0 Å². The largest absolute Gasteiger partial charge is 0.368 e. The molecular formula is C17H15FN4OS. The van der Waals surface area contributed by atoms with E-state index in [0.717, 1.165) is 5.56 Å². The van der Waals surface area contributed by atoms with Gasteiger partial charge in [-0.05, 0) is 17.7 Å². The summed E-state index contributed by atoms with van der Waals surface area (Å²) < 4.78 is 15.6. The van der Waals surface area contributed by atoms with Gasteiger partial charge in [0.25, 0.3) is 0 Å². The molecule has 1 unspecified atom stereocenters. The predicted molar refractivity (Wildman–Crippen MR) is 90.6 cm³/mol. The number of nitrogens with zero attached hydrogens (tertiary/aromatic N) is 3. The molecule has 1 heterocycles. The lowest BCUT2D eigenvalue weighted by molar-refractivity contribution is -0.117. The van der Waals surface area contributed by atoms with Gasteiger partial charge in [0.15, 0.2) is 11.0 Å². The molecule has 7 heteroatoms. The average Bonchev–Trinajstić information content (AvgIpc) is 2.94. The Bertz CT molecular complexity index is 866. The van der Waals surface area contributed by atoms with Crippen LogP contribution in [0.2, 0.25) is 0 Å². The average molecular weight is 342 g/mol. The third kappa shape index (κ3) is 3.16. The maximum absolute atomic E-state index is 14.0. The Balaban J connectivity index is 1.94. The van der Waals surface area contributed by atoms with Crippen LogP contribution in [0.1, 0.15) is 10.8 Å². The third-order valence-electron chi connectivity index (χ3n) is 3.53. The van der Waals surface area contributed by atoms with Gasteiger partial charge in [-0.2, -0.15) is 0 Å². The minimum absolute atomic E-state index is 0.356. The van der Waals surface area contributed by atoms with E-state index in [0.29, 0.717) is 16.5 Å². The smallest absolute Gasteiger partial charge is 0.235 e. The molecule has 0 aliphatic carbocycles. The number of hydrogen-bond donors (Lipinski definition) is 1. The van der Waals surface area contributed by atoms with E-state index in [-0.39, 0.29) is 5.82 Å². The van der Waals surface area contributed by atoms with E-state index in [1.807, 2.05) is 30.3 Å². The number of rotatable bonds is 5.